The summed E-state index contributed by atoms with van der Waals surface area (Å²) >= 11 is 0. The van der Waals surface area contributed by atoms with E-state index in [1.54, 1.807) is 12.4 Å². The van der Waals surface area contributed by atoms with E-state index in [0.717, 1.165) is 71.2 Å². The molecule has 0 aromatic carbocycles. The minimum atomic E-state index is 0.155. The molecule has 3 aliphatic heterocycles. The molecule has 0 aliphatic carbocycles. The number of aromatic nitrogens is 2. The van der Waals surface area contributed by atoms with Crippen LogP contribution in [0.15, 0.2) is 18.5 Å². The summed E-state index contributed by atoms with van der Waals surface area (Å²) in [5, 5.41) is 3.25. The molecule has 1 atom stereocenters. The van der Waals surface area contributed by atoms with Crippen molar-refractivity contribution in [2.75, 3.05) is 63.9 Å². The van der Waals surface area contributed by atoms with E-state index < -0.39 is 0 Å². The lowest BCUT2D eigenvalue weighted by Crippen LogP contribution is -2.52. The van der Waals surface area contributed by atoms with Crippen molar-refractivity contribution >= 4 is 11.9 Å². The summed E-state index contributed by atoms with van der Waals surface area (Å²) < 4.78 is 5.74. The van der Waals surface area contributed by atoms with Crippen LogP contribution < -0.4 is 10.2 Å². The summed E-state index contributed by atoms with van der Waals surface area (Å²) in [5.41, 5.74) is 0. The van der Waals surface area contributed by atoms with E-state index in [0.29, 0.717) is 18.7 Å². The standard InChI is InChI=1S/C20H32N6O2/c27-19(16-25-10-12-26(13-11-25)20-21-6-2-7-22-20)23-17-4-8-24(9-5-17)15-18-3-1-14-28-18/h2,6-7,17-18H,1,3-5,8-16H2,(H,23,27)/t18-/m0/s1. The highest BCUT2D eigenvalue weighted by molar-refractivity contribution is 5.78. The number of piperidine rings is 1. The van der Waals surface area contributed by atoms with Gasteiger partial charge < -0.3 is 19.9 Å². The number of hydrogen-bond donors (Lipinski definition) is 1. The van der Waals surface area contributed by atoms with Crippen LogP contribution >= 0.6 is 0 Å². The quantitative estimate of drug-likeness (QED) is 0.754. The van der Waals surface area contributed by atoms with Crippen LogP contribution in [-0.4, -0.2) is 96.8 Å². The van der Waals surface area contributed by atoms with Gasteiger partial charge in [0, 0.05) is 70.9 Å². The molecule has 0 bridgehead atoms. The number of carbonyl (C=O) groups excluding carboxylic acids is 1. The largest absolute Gasteiger partial charge is 0.377 e. The minimum absolute atomic E-state index is 0.155. The summed E-state index contributed by atoms with van der Waals surface area (Å²) in [4.78, 5) is 28.0. The predicted molar refractivity (Wildman–Crippen MR) is 107 cm³/mol. The molecule has 0 unspecified atom stereocenters. The van der Waals surface area contributed by atoms with Crippen molar-refractivity contribution in [2.45, 2.75) is 37.8 Å². The molecule has 3 aliphatic rings. The molecule has 0 saturated carbocycles. The SMILES string of the molecule is O=C(CN1CCN(c2ncccn2)CC1)NC1CCN(C[C@@H]2CCCO2)CC1. The molecule has 8 heteroatoms. The Kier molecular flexibility index (Phi) is 6.72. The van der Waals surface area contributed by atoms with E-state index in [1.807, 2.05) is 6.07 Å². The zero-order valence-corrected chi connectivity index (χ0v) is 16.6. The van der Waals surface area contributed by atoms with E-state index >= 15 is 0 Å². The third kappa shape index (κ3) is 5.40. The smallest absolute Gasteiger partial charge is 0.234 e. The first kappa shape index (κ1) is 19.5. The fraction of sp³-hybridized carbons (Fsp3) is 0.750. The van der Waals surface area contributed by atoms with Gasteiger partial charge in [-0.05, 0) is 31.7 Å². The molecule has 154 valence electrons. The molecular formula is C20H32N6O2. The molecular weight excluding hydrogens is 356 g/mol. The highest BCUT2D eigenvalue weighted by Gasteiger charge is 2.26. The summed E-state index contributed by atoms with van der Waals surface area (Å²) in [7, 11) is 0. The van der Waals surface area contributed by atoms with E-state index in [-0.39, 0.29) is 5.91 Å². The topological polar surface area (TPSA) is 73.8 Å². The first-order chi connectivity index (χ1) is 13.8. The molecule has 28 heavy (non-hydrogen) atoms. The zero-order chi connectivity index (χ0) is 19.2. The number of piperazine rings is 1. The summed E-state index contributed by atoms with van der Waals surface area (Å²) in [6, 6.07) is 2.14. The fourth-order valence-corrected chi connectivity index (χ4v) is 4.37. The van der Waals surface area contributed by atoms with Gasteiger partial charge in [0.15, 0.2) is 0 Å². The van der Waals surface area contributed by atoms with Crippen molar-refractivity contribution < 1.29 is 9.53 Å². The van der Waals surface area contributed by atoms with E-state index in [2.05, 4.69) is 30.0 Å². The lowest BCUT2D eigenvalue weighted by Gasteiger charge is -2.35. The molecule has 3 fully saturated rings. The second-order valence-corrected chi connectivity index (χ2v) is 8.09. The van der Waals surface area contributed by atoms with Crippen LogP contribution in [0.3, 0.4) is 0 Å². The number of ether oxygens (including phenoxy) is 1. The van der Waals surface area contributed by atoms with Gasteiger partial charge in [0.25, 0.3) is 0 Å². The number of likely N-dealkylation sites (tertiary alicyclic amines) is 1. The molecule has 1 aromatic heterocycles. The molecule has 1 amide bonds. The third-order valence-electron chi connectivity index (χ3n) is 6.01. The highest BCUT2D eigenvalue weighted by Crippen LogP contribution is 2.17. The summed E-state index contributed by atoms with van der Waals surface area (Å²) in [6.45, 7) is 8.02. The lowest BCUT2D eigenvalue weighted by atomic mass is 10.0. The van der Waals surface area contributed by atoms with Crippen molar-refractivity contribution in [1.29, 1.82) is 0 Å². The number of carbonyl (C=O) groups is 1. The molecule has 3 saturated heterocycles. The maximum Gasteiger partial charge on any atom is 0.234 e. The number of nitrogens with zero attached hydrogens (tertiary/aromatic N) is 5. The van der Waals surface area contributed by atoms with Gasteiger partial charge in [0.05, 0.1) is 12.6 Å². The van der Waals surface area contributed by atoms with Crippen LogP contribution in [0, 0.1) is 0 Å². The van der Waals surface area contributed by atoms with E-state index in [1.165, 1.54) is 12.8 Å². The Labute approximate surface area is 167 Å². The van der Waals surface area contributed by atoms with Gasteiger partial charge in [-0.15, -0.1) is 0 Å². The van der Waals surface area contributed by atoms with Crippen molar-refractivity contribution in [3.05, 3.63) is 18.5 Å². The highest BCUT2D eigenvalue weighted by atomic mass is 16.5. The van der Waals surface area contributed by atoms with Crippen molar-refractivity contribution in [2.24, 2.45) is 0 Å². The minimum Gasteiger partial charge on any atom is -0.377 e. The van der Waals surface area contributed by atoms with Gasteiger partial charge in [-0.3, -0.25) is 9.69 Å². The Morgan fingerprint density at radius 1 is 1.04 bits per heavy atom. The van der Waals surface area contributed by atoms with Crippen LogP contribution in [0.25, 0.3) is 0 Å². The normalized spacial score (nSPS) is 25.1. The number of anilines is 1. The molecule has 0 radical (unpaired) electrons. The second kappa shape index (κ2) is 9.62. The van der Waals surface area contributed by atoms with Gasteiger partial charge in [0.2, 0.25) is 11.9 Å². The Bertz CT molecular complexity index is 608. The predicted octanol–water partition coefficient (Wildman–Crippen LogP) is 0.358. The van der Waals surface area contributed by atoms with Crippen LogP contribution in [0.2, 0.25) is 0 Å². The van der Waals surface area contributed by atoms with Crippen LogP contribution in [0.5, 0.6) is 0 Å². The fourth-order valence-electron chi connectivity index (χ4n) is 4.37. The summed E-state index contributed by atoms with van der Waals surface area (Å²) in [6.07, 6.45) is 8.44. The van der Waals surface area contributed by atoms with Gasteiger partial charge in [-0.2, -0.15) is 0 Å². The Balaban J connectivity index is 1.13. The Morgan fingerprint density at radius 3 is 2.46 bits per heavy atom. The number of rotatable bonds is 6. The summed E-state index contributed by atoms with van der Waals surface area (Å²) in [5.74, 6) is 0.934. The maximum atomic E-state index is 12.5. The van der Waals surface area contributed by atoms with Crippen LogP contribution in [0.1, 0.15) is 25.7 Å². The maximum absolute atomic E-state index is 12.5. The lowest BCUT2D eigenvalue weighted by molar-refractivity contribution is -0.123. The molecule has 1 N–H and O–H groups in total. The van der Waals surface area contributed by atoms with Crippen molar-refractivity contribution in [3.8, 4) is 0 Å². The third-order valence-corrected chi connectivity index (χ3v) is 6.01. The average molecular weight is 389 g/mol. The van der Waals surface area contributed by atoms with Gasteiger partial charge >= 0.3 is 0 Å². The number of amides is 1. The Morgan fingerprint density at radius 2 is 1.79 bits per heavy atom. The molecule has 1 aromatic rings. The van der Waals surface area contributed by atoms with Crippen molar-refractivity contribution in [1.82, 2.24) is 25.1 Å². The molecule has 4 rings (SSSR count). The van der Waals surface area contributed by atoms with Crippen LogP contribution in [-0.2, 0) is 9.53 Å². The van der Waals surface area contributed by atoms with Crippen molar-refractivity contribution in [3.63, 3.8) is 0 Å². The number of nitrogens with one attached hydrogen (secondary N) is 1. The van der Waals surface area contributed by atoms with E-state index in [4.69, 9.17) is 4.74 Å². The second-order valence-electron chi connectivity index (χ2n) is 8.09. The van der Waals surface area contributed by atoms with Crippen LogP contribution in [0.4, 0.5) is 5.95 Å². The molecule has 4 heterocycles. The first-order valence-electron chi connectivity index (χ1n) is 10.6. The monoisotopic (exact) mass is 388 g/mol. The number of hydrogen-bond acceptors (Lipinski definition) is 7. The first-order valence-corrected chi connectivity index (χ1v) is 10.6. The Hall–Kier alpha value is -1.77. The molecule has 8 nitrogen and oxygen atoms in total. The zero-order valence-electron chi connectivity index (χ0n) is 16.6. The van der Waals surface area contributed by atoms with Gasteiger partial charge in [-0.25, -0.2) is 9.97 Å². The molecule has 0 spiro atoms. The van der Waals surface area contributed by atoms with Gasteiger partial charge in [0.1, 0.15) is 0 Å². The average Bonchev–Trinajstić information content (AvgIpc) is 3.24. The van der Waals surface area contributed by atoms with E-state index in [9.17, 15) is 4.79 Å². The van der Waals surface area contributed by atoms with Gasteiger partial charge in [-0.1, -0.05) is 0 Å².